The highest BCUT2D eigenvalue weighted by molar-refractivity contribution is 4.75. The van der Waals surface area contributed by atoms with Crippen molar-refractivity contribution in [3.8, 4) is 0 Å². The van der Waals surface area contributed by atoms with Gasteiger partial charge in [0, 0.05) is 26.7 Å². The fourth-order valence-electron chi connectivity index (χ4n) is 1.12. The van der Waals surface area contributed by atoms with Gasteiger partial charge in [-0.1, -0.05) is 13.8 Å². The number of nitrogens with zero attached hydrogens (tertiary/aromatic N) is 1. The van der Waals surface area contributed by atoms with E-state index in [0.29, 0.717) is 0 Å². The predicted molar refractivity (Wildman–Crippen MR) is 61.7 cm³/mol. The van der Waals surface area contributed by atoms with E-state index in [2.05, 4.69) is 38.0 Å². The summed E-state index contributed by atoms with van der Waals surface area (Å²) in [7, 11) is 3.92. The highest BCUT2D eigenvalue weighted by atomic mass is 16.5. The van der Waals surface area contributed by atoms with Crippen LogP contribution in [0.3, 0.4) is 0 Å². The number of rotatable bonds is 8. The van der Waals surface area contributed by atoms with Crippen LogP contribution in [-0.2, 0) is 4.74 Å². The molecule has 0 heterocycles. The summed E-state index contributed by atoms with van der Waals surface area (Å²) in [6.07, 6.45) is 1.04. The van der Waals surface area contributed by atoms with Crippen molar-refractivity contribution in [3.63, 3.8) is 0 Å². The molecule has 14 heavy (non-hydrogen) atoms. The molecule has 0 radical (unpaired) electrons. The van der Waals surface area contributed by atoms with Gasteiger partial charge in [-0.25, -0.2) is 0 Å². The lowest BCUT2D eigenvalue weighted by molar-refractivity contribution is 0.00360. The van der Waals surface area contributed by atoms with Crippen molar-refractivity contribution in [2.24, 2.45) is 0 Å². The Morgan fingerprint density at radius 1 is 1.36 bits per heavy atom. The van der Waals surface area contributed by atoms with Crippen molar-refractivity contribution in [2.75, 3.05) is 40.3 Å². The van der Waals surface area contributed by atoms with Gasteiger partial charge in [-0.2, -0.15) is 0 Å². The maximum Gasteiger partial charge on any atom is 0.0771 e. The Hall–Kier alpha value is -0.120. The normalized spacial score (nSPS) is 15.9. The number of likely N-dealkylation sites (N-methyl/N-ethyl adjacent to an activating group) is 1. The second-order valence-corrected chi connectivity index (χ2v) is 4.08. The largest absolute Gasteiger partial charge is 0.377 e. The molecule has 0 rings (SSSR count). The minimum Gasteiger partial charge on any atom is -0.377 e. The van der Waals surface area contributed by atoms with Crippen LogP contribution in [-0.4, -0.2) is 50.8 Å². The summed E-state index contributed by atoms with van der Waals surface area (Å²) in [5, 5.41) is 3.43. The Kier molecular flexibility index (Phi) is 7.15. The van der Waals surface area contributed by atoms with E-state index in [4.69, 9.17) is 4.74 Å². The molecule has 0 bridgehead atoms. The molecule has 0 aromatic rings. The molecule has 0 aliphatic rings. The highest BCUT2D eigenvalue weighted by Gasteiger charge is 2.19. The summed E-state index contributed by atoms with van der Waals surface area (Å²) < 4.78 is 5.44. The van der Waals surface area contributed by atoms with E-state index < -0.39 is 0 Å². The van der Waals surface area contributed by atoms with E-state index in [0.717, 1.165) is 32.6 Å². The molecule has 0 aliphatic heterocycles. The molecule has 0 saturated heterocycles. The molecular weight excluding hydrogens is 176 g/mol. The summed E-state index contributed by atoms with van der Waals surface area (Å²) >= 11 is 0. The van der Waals surface area contributed by atoms with Crippen molar-refractivity contribution in [3.05, 3.63) is 0 Å². The van der Waals surface area contributed by atoms with Crippen LogP contribution >= 0.6 is 0 Å². The lowest BCUT2D eigenvalue weighted by atomic mass is 10.0. The summed E-state index contributed by atoms with van der Waals surface area (Å²) in [5.41, 5.74) is -0.00914. The van der Waals surface area contributed by atoms with Crippen LogP contribution < -0.4 is 5.32 Å². The van der Waals surface area contributed by atoms with Crippen molar-refractivity contribution >= 4 is 0 Å². The molecule has 86 valence electrons. The van der Waals surface area contributed by atoms with Crippen molar-refractivity contribution in [1.29, 1.82) is 0 Å². The van der Waals surface area contributed by atoms with E-state index in [1.165, 1.54) is 0 Å². The third-order valence-corrected chi connectivity index (χ3v) is 2.95. The van der Waals surface area contributed by atoms with Crippen LogP contribution in [0.4, 0.5) is 0 Å². The molecule has 0 saturated carbocycles. The molecule has 1 N–H and O–H groups in total. The zero-order chi connectivity index (χ0) is 11.0. The fraction of sp³-hybridized carbons (Fsp3) is 1.00. The predicted octanol–water partition coefficient (Wildman–Crippen LogP) is 1.34. The van der Waals surface area contributed by atoms with Gasteiger partial charge >= 0.3 is 0 Å². The van der Waals surface area contributed by atoms with Crippen LogP contribution in [0, 0.1) is 0 Å². The molecule has 0 aromatic heterocycles. The first-order valence-electron chi connectivity index (χ1n) is 5.52. The Bertz CT molecular complexity index is 135. The molecule has 0 amide bonds. The van der Waals surface area contributed by atoms with Crippen molar-refractivity contribution < 1.29 is 4.74 Å². The van der Waals surface area contributed by atoms with Crippen molar-refractivity contribution in [1.82, 2.24) is 10.2 Å². The Labute approximate surface area is 88.8 Å². The Morgan fingerprint density at radius 2 is 2.00 bits per heavy atom. The zero-order valence-corrected chi connectivity index (χ0v) is 10.4. The van der Waals surface area contributed by atoms with Gasteiger partial charge in [0.15, 0.2) is 0 Å². The second-order valence-electron chi connectivity index (χ2n) is 4.08. The van der Waals surface area contributed by atoms with Gasteiger partial charge in [-0.05, 0) is 26.9 Å². The molecule has 1 atom stereocenters. The average Bonchev–Trinajstić information content (AvgIpc) is 2.23. The first kappa shape index (κ1) is 13.9. The Balaban J connectivity index is 3.52. The minimum atomic E-state index is -0.00914. The van der Waals surface area contributed by atoms with Gasteiger partial charge in [0.05, 0.1) is 5.60 Å². The second kappa shape index (κ2) is 7.21. The van der Waals surface area contributed by atoms with Crippen LogP contribution in [0.15, 0.2) is 0 Å². The third kappa shape index (κ3) is 5.58. The fourth-order valence-corrected chi connectivity index (χ4v) is 1.12. The Morgan fingerprint density at radius 3 is 2.43 bits per heavy atom. The molecule has 3 nitrogen and oxygen atoms in total. The summed E-state index contributed by atoms with van der Waals surface area (Å²) in [4.78, 5) is 2.29. The lowest BCUT2D eigenvalue weighted by Gasteiger charge is -2.27. The summed E-state index contributed by atoms with van der Waals surface area (Å²) in [6, 6.07) is 0. The summed E-state index contributed by atoms with van der Waals surface area (Å²) in [5.74, 6) is 0. The minimum absolute atomic E-state index is 0.00914. The molecule has 0 fully saturated rings. The monoisotopic (exact) mass is 202 g/mol. The average molecular weight is 202 g/mol. The van der Waals surface area contributed by atoms with E-state index in [9.17, 15) is 0 Å². The van der Waals surface area contributed by atoms with Crippen LogP contribution in [0.25, 0.3) is 0 Å². The number of ether oxygens (including phenoxy) is 1. The van der Waals surface area contributed by atoms with Crippen LogP contribution in [0.5, 0.6) is 0 Å². The standard InChI is InChI=1S/C11H26N2O/c1-6-11(3,14-5)10-12-8-9-13(4)7-2/h12H,6-10H2,1-5H3. The quantitative estimate of drug-likeness (QED) is 0.601. The maximum atomic E-state index is 5.44. The number of hydrogen-bond donors (Lipinski definition) is 1. The molecule has 3 heteroatoms. The highest BCUT2D eigenvalue weighted by Crippen LogP contribution is 2.11. The SMILES string of the molecule is CCN(C)CCNCC(C)(CC)OC. The van der Waals surface area contributed by atoms with Gasteiger partial charge in [-0.3, -0.25) is 0 Å². The van der Waals surface area contributed by atoms with Gasteiger partial charge in [0.1, 0.15) is 0 Å². The zero-order valence-electron chi connectivity index (χ0n) is 10.4. The molecular formula is C11H26N2O. The first-order chi connectivity index (χ1) is 6.58. The molecule has 0 aromatic carbocycles. The van der Waals surface area contributed by atoms with Crippen LogP contribution in [0.2, 0.25) is 0 Å². The van der Waals surface area contributed by atoms with Gasteiger partial charge in [0.25, 0.3) is 0 Å². The first-order valence-corrected chi connectivity index (χ1v) is 5.52. The maximum absolute atomic E-state index is 5.44. The van der Waals surface area contributed by atoms with Gasteiger partial charge in [0.2, 0.25) is 0 Å². The van der Waals surface area contributed by atoms with E-state index in [1.54, 1.807) is 7.11 Å². The van der Waals surface area contributed by atoms with E-state index in [1.807, 2.05) is 0 Å². The summed E-state index contributed by atoms with van der Waals surface area (Å²) in [6.45, 7) is 10.6. The molecule has 0 aliphatic carbocycles. The topological polar surface area (TPSA) is 24.5 Å². The molecule has 0 spiro atoms. The number of methoxy groups -OCH3 is 1. The van der Waals surface area contributed by atoms with Crippen molar-refractivity contribution in [2.45, 2.75) is 32.8 Å². The third-order valence-electron chi connectivity index (χ3n) is 2.95. The number of hydrogen-bond acceptors (Lipinski definition) is 3. The lowest BCUT2D eigenvalue weighted by Crippen LogP contribution is -2.41. The van der Waals surface area contributed by atoms with E-state index >= 15 is 0 Å². The van der Waals surface area contributed by atoms with Gasteiger partial charge < -0.3 is 15.0 Å². The van der Waals surface area contributed by atoms with Gasteiger partial charge in [-0.15, -0.1) is 0 Å². The van der Waals surface area contributed by atoms with E-state index in [-0.39, 0.29) is 5.60 Å². The number of nitrogens with one attached hydrogen (secondary N) is 1. The smallest absolute Gasteiger partial charge is 0.0771 e. The van der Waals surface area contributed by atoms with Crippen LogP contribution in [0.1, 0.15) is 27.2 Å². The molecule has 1 unspecified atom stereocenters.